The lowest BCUT2D eigenvalue weighted by atomic mass is 9.82. The second kappa shape index (κ2) is 5.67. The minimum atomic E-state index is -5.69. The number of benzene rings is 1. The normalized spacial score (nSPS) is 13.0. The zero-order chi connectivity index (χ0) is 16.5. The first-order chi connectivity index (χ1) is 9.40. The number of carbonyl (C=O) groups is 1. The van der Waals surface area contributed by atoms with E-state index >= 15 is 0 Å². The zero-order valence-electron chi connectivity index (χ0n) is 11.8. The molecule has 8 heteroatoms. The summed E-state index contributed by atoms with van der Waals surface area (Å²) in [6.07, 6.45) is 0.834. The zero-order valence-corrected chi connectivity index (χ0v) is 12.6. The van der Waals surface area contributed by atoms with Crippen LogP contribution < -0.4 is 4.72 Å². The average Bonchev–Trinajstić information content (AvgIpc) is 2.37. The van der Waals surface area contributed by atoms with Gasteiger partial charge in [0.25, 0.3) is 5.91 Å². The van der Waals surface area contributed by atoms with Crippen LogP contribution in [0.5, 0.6) is 0 Å². The molecule has 0 unspecified atom stereocenters. The van der Waals surface area contributed by atoms with Crippen molar-refractivity contribution in [2.45, 2.75) is 38.1 Å². The standard InChI is InChI=1S/C13H16F3NO3S/c1-4-12(2,3)10-7-5-9(6-8-10)11(18)17-21(19,20)13(14,15)16/h5-8H,4H2,1-3H3,(H,17,18). The van der Waals surface area contributed by atoms with Gasteiger partial charge in [-0.2, -0.15) is 21.6 Å². The van der Waals surface area contributed by atoms with Gasteiger partial charge >= 0.3 is 15.5 Å². The van der Waals surface area contributed by atoms with Crippen LogP contribution in [0.3, 0.4) is 0 Å². The second-order valence-electron chi connectivity index (χ2n) is 5.20. The van der Waals surface area contributed by atoms with Crippen molar-refractivity contribution >= 4 is 15.9 Å². The molecule has 1 N–H and O–H groups in total. The van der Waals surface area contributed by atoms with Gasteiger partial charge in [-0.05, 0) is 29.5 Å². The Morgan fingerprint density at radius 1 is 1.14 bits per heavy atom. The molecule has 1 amide bonds. The van der Waals surface area contributed by atoms with Crippen molar-refractivity contribution in [2.75, 3.05) is 0 Å². The first kappa shape index (κ1) is 17.5. The SMILES string of the molecule is CCC(C)(C)c1ccc(C(=O)NS(=O)(=O)C(F)(F)F)cc1. The molecule has 0 aliphatic carbocycles. The first-order valence-electron chi connectivity index (χ1n) is 6.14. The second-order valence-corrected chi connectivity index (χ2v) is 6.87. The molecular weight excluding hydrogens is 307 g/mol. The molecule has 21 heavy (non-hydrogen) atoms. The van der Waals surface area contributed by atoms with Crippen molar-refractivity contribution in [3.05, 3.63) is 35.4 Å². The van der Waals surface area contributed by atoms with E-state index in [9.17, 15) is 26.4 Å². The van der Waals surface area contributed by atoms with E-state index in [1.165, 1.54) is 12.1 Å². The summed E-state index contributed by atoms with van der Waals surface area (Å²) in [5.41, 5.74) is -4.92. The lowest BCUT2D eigenvalue weighted by molar-refractivity contribution is -0.0446. The maximum atomic E-state index is 12.2. The Morgan fingerprint density at radius 3 is 2.00 bits per heavy atom. The maximum Gasteiger partial charge on any atom is 0.516 e. The highest BCUT2D eigenvalue weighted by Gasteiger charge is 2.47. The highest BCUT2D eigenvalue weighted by Crippen LogP contribution is 2.27. The molecule has 0 heterocycles. The number of amides is 1. The molecule has 0 fully saturated rings. The highest BCUT2D eigenvalue weighted by molar-refractivity contribution is 7.90. The fraction of sp³-hybridized carbons (Fsp3) is 0.462. The third kappa shape index (κ3) is 3.96. The largest absolute Gasteiger partial charge is 0.516 e. The van der Waals surface area contributed by atoms with Crippen LogP contribution in [-0.2, 0) is 15.4 Å². The molecule has 0 aromatic heterocycles. The lowest BCUT2D eigenvalue weighted by Crippen LogP contribution is -2.40. The number of sulfonamides is 1. The monoisotopic (exact) mass is 323 g/mol. The number of halogens is 3. The molecule has 0 radical (unpaired) electrons. The number of hydrogen-bond donors (Lipinski definition) is 1. The Hall–Kier alpha value is -1.57. The Bertz CT molecular complexity index is 619. The first-order valence-corrected chi connectivity index (χ1v) is 7.63. The summed E-state index contributed by atoms with van der Waals surface area (Å²) in [6, 6.07) is 5.79. The fourth-order valence-electron chi connectivity index (χ4n) is 1.52. The number of hydrogen-bond acceptors (Lipinski definition) is 3. The van der Waals surface area contributed by atoms with E-state index in [0.717, 1.165) is 16.7 Å². The van der Waals surface area contributed by atoms with Gasteiger partial charge < -0.3 is 0 Å². The lowest BCUT2D eigenvalue weighted by Gasteiger charge is -2.23. The number of rotatable bonds is 4. The van der Waals surface area contributed by atoms with Gasteiger partial charge in [-0.1, -0.05) is 32.9 Å². The summed E-state index contributed by atoms with van der Waals surface area (Å²) in [7, 11) is -5.69. The summed E-state index contributed by atoms with van der Waals surface area (Å²) in [5, 5.41) is 0. The third-order valence-corrected chi connectivity index (χ3v) is 4.41. The van der Waals surface area contributed by atoms with Crippen LogP contribution >= 0.6 is 0 Å². The van der Waals surface area contributed by atoms with E-state index in [0.29, 0.717) is 0 Å². The van der Waals surface area contributed by atoms with Gasteiger partial charge in [0, 0.05) is 5.56 Å². The van der Waals surface area contributed by atoms with Crippen LogP contribution in [0.25, 0.3) is 0 Å². The Kier molecular flexibility index (Phi) is 4.72. The smallest absolute Gasteiger partial charge is 0.268 e. The maximum absolute atomic E-state index is 12.2. The average molecular weight is 323 g/mol. The topological polar surface area (TPSA) is 63.2 Å². The van der Waals surface area contributed by atoms with Crippen molar-refractivity contribution in [3.63, 3.8) is 0 Å². The predicted molar refractivity (Wildman–Crippen MR) is 72.2 cm³/mol. The number of carbonyl (C=O) groups excluding carboxylic acids is 1. The van der Waals surface area contributed by atoms with E-state index in [4.69, 9.17) is 0 Å². The summed E-state index contributed by atoms with van der Waals surface area (Å²) in [5.74, 6) is -1.31. The molecule has 0 saturated carbocycles. The minimum Gasteiger partial charge on any atom is -0.268 e. The van der Waals surface area contributed by atoms with E-state index in [1.54, 1.807) is 12.1 Å². The highest BCUT2D eigenvalue weighted by atomic mass is 32.2. The van der Waals surface area contributed by atoms with Crippen LogP contribution in [-0.4, -0.2) is 19.8 Å². The van der Waals surface area contributed by atoms with E-state index in [1.807, 2.05) is 20.8 Å². The number of nitrogens with one attached hydrogen (secondary N) is 1. The van der Waals surface area contributed by atoms with Gasteiger partial charge in [-0.25, -0.2) is 4.72 Å². The summed E-state index contributed by atoms with van der Waals surface area (Å²) in [6.45, 7) is 5.95. The minimum absolute atomic E-state index is 0.146. The molecule has 1 aromatic carbocycles. The Morgan fingerprint density at radius 2 is 1.62 bits per heavy atom. The van der Waals surface area contributed by atoms with Gasteiger partial charge in [0.15, 0.2) is 0 Å². The molecule has 1 rings (SSSR count). The van der Waals surface area contributed by atoms with Crippen molar-refractivity contribution in [2.24, 2.45) is 0 Å². The number of alkyl halides is 3. The molecular formula is C13H16F3NO3S. The van der Waals surface area contributed by atoms with Crippen molar-refractivity contribution < 1.29 is 26.4 Å². The molecule has 0 saturated heterocycles. The van der Waals surface area contributed by atoms with Gasteiger partial charge in [-0.15, -0.1) is 0 Å². The van der Waals surface area contributed by atoms with Gasteiger partial charge in [0.2, 0.25) is 0 Å². The van der Waals surface area contributed by atoms with Gasteiger partial charge in [-0.3, -0.25) is 4.79 Å². The van der Waals surface area contributed by atoms with Crippen LogP contribution in [0.1, 0.15) is 43.1 Å². The Balaban J connectivity index is 2.97. The van der Waals surface area contributed by atoms with Crippen LogP contribution in [0.15, 0.2) is 24.3 Å². The molecule has 0 aliphatic heterocycles. The van der Waals surface area contributed by atoms with Crippen LogP contribution in [0.2, 0.25) is 0 Å². The van der Waals surface area contributed by atoms with Gasteiger partial charge in [0.05, 0.1) is 0 Å². The molecule has 118 valence electrons. The fourth-order valence-corrected chi connectivity index (χ4v) is 1.99. The van der Waals surface area contributed by atoms with Crippen LogP contribution in [0.4, 0.5) is 13.2 Å². The molecule has 0 bridgehead atoms. The molecule has 4 nitrogen and oxygen atoms in total. The van der Waals surface area contributed by atoms with E-state index < -0.39 is 21.4 Å². The summed E-state index contributed by atoms with van der Waals surface area (Å²) in [4.78, 5) is 11.5. The van der Waals surface area contributed by atoms with Crippen molar-refractivity contribution in [3.8, 4) is 0 Å². The quantitative estimate of drug-likeness (QED) is 0.926. The van der Waals surface area contributed by atoms with Crippen molar-refractivity contribution in [1.29, 1.82) is 0 Å². The molecule has 1 aromatic rings. The molecule has 0 aliphatic rings. The predicted octanol–water partition coefficient (Wildman–Crippen LogP) is 2.95. The molecule has 0 atom stereocenters. The third-order valence-electron chi connectivity index (χ3n) is 3.34. The Labute approximate surface area is 121 Å². The summed E-state index contributed by atoms with van der Waals surface area (Å²) >= 11 is 0. The van der Waals surface area contributed by atoms with E-state index in [2.05, 4.69) is 0 Å². The van der Waals surface area contributed by atoms with Gasteiger partial charge in [0.1, 0.15) is 0 Å². The molecule has 0 spiro atoms. The van der Waals surface area contributed by atoms with Crippen molar-refractivity contribution in [1.82, 2.24) is 4.72 Å². The summed E-state index contributed by atoms with van der Waals surface area (Å²) < 4.78 is 59.2. The van der Waals surface area contributed by atoms with Crippen LogP contribution in [0, 0.1) is 0 Å². The van der Waals surface area contributed by atoms with E-state index in [-0.39, 0.29) is 11.0 Å².